The third kappa shape index (κ3) is 2.79. The number of hydrogen-bond donors (Lipinski definition) is 0. The number of carbonyl (C=O) groups excluding carboxylic acids is 1. The molecule has 0 radical (unpaired) electrons. The molecule has 0 aliphatic heterocycles. The summed E-state index contributed by atoms with van der Waals surface area (Å²) in [5.41, 5.74) is 0.823. The van der Waals surface area contributed by atoms with Gasteiger partial charge in [-0.05, 0) is 18.9 Å². The van der Waals surface area contributed by atoms with E-state index in [2.05, 4.69) is 0 Å². The van der Waals surface area contributed by atoms with Gasteiger partial charge < -0.3 is 4.74 Å². The first-order chi connectivity index (χ1) is 7.56. The summed E-state index contributed by atoms with van der Waals surface area (Å²) in [6.07, 6.45) is 0.722. The fraction of sp³-hybridized carbons (Fsp3) is 0.364. The SMILES string of the molecule is CCCOC(=O)c1cc([N+](=O)[O-])ccc1C. The average Bonchev–Trinajstić information content (AvgIpc) is 2.26. The maximum atomic E-state index is 11.6. The van der Waals surface area contributed by atoms with E-state index in [0.717, 1.165) is 6.42 Å². The summed E-state index contributed by atoms with van der Waals surface area (Å²) in [5, 5.41) is 10.6. The van der Waals surface area contributed by atoms with E-state index in [1.165, 1.54) is 12.1 Å². The molecule has 1 aromatic rings. The van der Waals surface area contributed by atoms with Gasteiger partial charge in [-0.15, -0.1) is 0 Å². The number of nitrogens with zero attached hydrogens (tertiary/aromatic N) is 1. The molecule has 1 rings (SSSR count). The Morgan fingerprint density at radius 3 is 2.75 bits per heavy atom. The van der Waals surface area contributed by atoms with Crippen LogP contribution in [0.3, 0.4) is 0 Å². The molecule has 0 spiro atoms. The van der Waals surface area contributed by atoms with Crippen molar-refractivity contribution >= 4 is 11.7 Å². The standard InChI is InChI=1S/C11H13NO4/c1-3-6-16-11(13)10-7-9(12(14)15)5-4-8(10)2/h4-5,7H,3,6H2,1-2H3. The number of hydrogen-bond acceptors (Lipinski definition) is 4. The molecule has 86 valence electrons. The van der Waals surface area contributed by atoms with Gasteiger partial charge in [0.05, 0.1) is 17.1 Å². The molecular formula is C11H13NO4. The Bertz CT molecular complexity index is 414. The Kier molecular flexibility index (Phi) is 3.99. The summed E-state index contributed by atoms with van der Waals surface area (Å²) in [6, 6.07) is 4.15. The summed E-state index contributed by atoms with van der Waals surface area (Å²) in [5.74, 6) is -0.511. The topological polar surface area (TPSA) is 69.4 Å². The lowest BCUT2D eigenvalue weighted by atomic mass is 10.1. The summed E-state index contributed by atoms with van der Waals surface area (Å²) in [7, 11) is 0. The van der Waals surface area contributed by atoms with E-state index < -0.39 is 10.9 Å². The fourth-order valence-electron chi connectivity index (χ4n) is 1.22. The zero-order valence-corrected chi connectivity index (χ0v) is 9.23. The third-order valence-corrected chi connectivity index (χ3v) is 2.09. The number of aryl methyl sites for hydroxylation is 1. The van der Waals surface area contributed by atoms with Crippen LogP contribution in [0, 0.1) is 17.0 Å². The monoisotopic (exact) mass is 223 g/mol. The highest BCUT2D eigenvalue weighted by Gasteiger charge is 2.15. The number of carbonyl (C=O) groups is 1. The number of nitro groups is 1. The highest BCUT2D eigenvalue weighted by atomic mass is 16.6. The zero-order chi connectivity index (χ0) is 12.1. The molecule has 0 fully saturated rings. The molecule has 5 heteroatoms. The van der Waals surface area contributed by atoms with Crippen molar-refractivity contribution in [3.8, 4) is 0 Å². The molecule has 0 saturated heterocycles. The van der Waals surface area contributed by atoms with Crippen LogP contribution in [0.25, 0.3) is 0 Å². The van der Waals surface area contributed by atoms with Gasteiger partial charge in [0.1, 0.15) is 0 Å². The van der Waals surface area contributed by atoms with E-state index >= 15 is 0 Å². The Morgan fingerprint density at radius 1 is 1.50 bits per heavy atom. The molecule has 0 amide bonds. The normalized spacial score (nSPS) is 9.88. The Labute approximate surface area is 93.2 Å². The molecule has 0 atom stereocenters. The van der Waals surface area contributed by atoms with Crippen LogP contribution in [0.5, 0.6) is 0 Å². The molecule has 0 aliphatic carbocycles. The Balaban J connectivity index is 2.97. The van der Waals surface area contributed by atoms with Crippen LogP contribution in [0.4, 0.5) is 5.69 Å². The molecular weight excluding hydrogens is 210 g/mol. The third-order valence-electron chi connectivity index (χ3n) is 2.09. The predicted octanol–water partition coefficient (Wildman–Crippen LogP) is 2.47. The molecule has 5 nitrogen and oxygen atoms in total. The van der Waals surface area contributed by atoms with E-state index in [1.807, 2.05) is 6.92 Å². The minimum atomic E-state index is -0.532. The summed E-state index contributed by atoms with van der Waals surface area (Å²) in [4.78, 5) is 21.6. The predicted molar refractivity (Wildman–Crippen MR) is 58.4 cm³/mol. The first-order valence-electron chi connectivity index (χ1n) is 4.98. The fourth-order valence-corrected chi connectivity index (χ4v) is 1.22. The van der Waals surface area contributed by atoms with Gasteiger partial charge in [0.2, 0.25) is 0 Å². The van der Waals surface area contributed by atoms with Crippen LogP contribution < -0.4 is 0 Å². The van der Waals surface area contributed by atoms with Crippen molar-refractivity contribution < 1.29 is 14.5 Å². The van der Waals surface area contributed by atoms with Crippen LogP contribution in [-0.4, -0.2) is 17.5 Å². The molecule has 0 heterocycles. The van der Waals surface area contributed by atoms with Crippen molar-refractivity contribution in [3.63, 3.8) is 0 Å². The van der Waals surface area contributed by atoms with Crippen molar-refractivity contribution in [2.45, 2.75) is 20.3 Å². The second-order valence-corrected chi connectivity index (χ2v) is 3.39. The number of esters is 1. The lowest BCUT2D eigenvalue weighted by Gasteiger charge is -2.05. The number of benzene rings is 1. The minimum absolute atomic E-state index is 0.103. The van der Waals surface area contributed by atoms with Crippen molar-refractivity contribution in [1.82, 2.24) is 0 Å². The van der Waals surface area contributed by atoms with Crippen LogP contribution in [0.15, 0.2) is 18.2 Å². The summed E-state index contributed by atoms with van der Waals surface area (Å²) >= 11 is 0. The first-order valence-corrected chi connectivity index (χ1v) is 4.98. The highest BCUT2D eigenvalue weighted by molar-refractivity contribution is 5.91. The lowest BCUT2D eigenvalue weighted by Crippen LogP contribution is -2.08. The van der Waals surface area contributed by atoms with E-state index in [-0.39, 0.29) is 11.3 Å². The zero-order valence-electron chi connectivity index (χ0n) is 9.23. The molecule has 0 N–H and O–H groups in total. The van der Waals surface area contributed by atoms with Crippen molar-refractivity contribution in [3.05, 3.63) is 39.4 Å². The van der Waals surface area contributed by atoms with Gasteiger partial charge in [-0.25, -0.2) is 4.79 Å². The van der Waals surface area contributed by atoms with Crippen LogP contribution in [-0.2, 0) is 4.74 Å². The van der Waals surface area contributed by atoms with Crippen molar-refractivity contribution in [2.75, 3.05) is 6.61 Å². The molecule has 0 bridgehead atoms. The van der Waals surface area contributed by atoms with Crippen LogP contribution in [0.1, 0.15) is 29.3 Å². The lowest BCUT2D eigenvalue weighted by molar-refractivity contribution is -0.384. The Morgan fingerprint density at radius 2 is 2.19 bits per heavy atom. The summed E-state index contributed by atoms with van der Waals surface area (Å²) < 4.78 is 4.93. The molecule has 16 heavy (non-hydrogen) atoms. The van der Waals surface area contributed by atoms with Gasteiger partial charge in [0.15, 0.2) is 0 Å². The minimum Gasteiger partial charge on any atom is -0.462 e. The maximum absolute atomic E-state index is 11.6. The second kappa shape index (κ2) is 5.25. The average molecular weight is 223 g/mol. The second-order valence-electron chi connectivity index (χ2n) is 3.39. The van der Waals surface area contributed by atoms with Crippen LogP contribution in [0.2, 0.25) is 0 Å². The molecule has 0 aliphatic rings. The highest BCUT2D eigenvalue weighted by Crippen LogP contribution is 2.18. The first kappa shape index (κ1) is 12.2. The largest absolute Gasteiger partial charge is 0.462 e. The van der Waals surface area contributed by atoms with Gasteiger partial charge in [0, 0.05) is 12.1 Å². The van der Waals surface area contributed by atoms with Gasteiger partial charge in [-0.2, -0.15) is 0 Å². The molecule has 0 aromatic heterocycles. The van der Waals surface area contributed by atoms with Gasteiger partial charge in [-0.1, -0.05) is 13.0 Å². The molecule has 0 unspecified atom stereocenters. The van der Waals surface area contributed by atoms with E-state index in [9.17, 15) is 14.9 Å². The van der Waals surface area contributed by atoms with E-state index in [0.29, 0.717) is 12.2 Å². The smallest absolute Gasteiger partial charge is 0.338 e. The van der Waals surface area contributed by atoms with Crippen LogP contribution >= 0.6 is 0 Å². The quantitative estimate of drug-likeness (QED) is 0.446. The van der Waals surface area contributed by atoms with E-state index in [1.54, 1.807) is 13.0 Å². The molecule has 0 saturated carbocycles. The number of nitro benzene ring substituents is 1. The number of rotatable bonds is 4. The molecule has 1 aromatic carbocycles. The van der Waals surface area contributed by atoms with Gasteiger partial charge in [-0.3, -0.25) is 10.1 Å². The van der Waals surface area contributed by atoms with Gasteiger partial charge >= 0.3 is 5.97 Å². The maximum Gasteiger partial charge on any atom is 0.338 e. The number of ether oxygens (including phenoxy) is 1. The summed E-state index contributed by atoms with van der Waals surface area (Å²) in [6.45, 7) is 3.92. The Hall–Kier alpha value is -1.91. The van der Waals surface area contributed by atoms with E-state index in [4.69, 9.17) is 4.74 Å². The van der Waals surface area contributed by atoms with Crippen molar-refractivity contribution in [2.24, 2.45) is 0 Å². The number of non-ortho nitro benzene ring substituents is 1. The van der Waals surface area contributed by atoms with Gasteiger partial charge in [0.25, 0.3) is 5.69 Å². The van der Waals surface area contributed by atoms with Crippen molar-refractivity contribution in [1.29, 1.82) is 0 Å².